The van der Waals surface area contributed by atoms with Crippen LogP contribution >= 0.6 is 23.2 Å². The fourth-order valence-electron chi connectivity index (χ4n) is 0.809. The maximum Gasteiger partial charge on any atom is 0.168 e. The summed E-state index contributed by atoms with van der Waals surface area (Å²) in [6.07, 6.45) is 3.18. The molecular formula is C9H7Cl2NO. The fraction of sp³-hybridized carbons (Fsp3) is 0. The average Bonchev–Trinajstić information content (AvgIpc) is 2.14. The molecule has 0 heterocycles. The van der Waals surface area contributed by atoms with E-state index in [1.165, 1.54) is 6.08 Å². The van der Waals surface area contributed by atoms with Crippen LogP contribution in [0, 0.1) is 0 Å². The molecule has 0 aliphatic rings. The summed E-state index contributed by atoms with van der Waals surface area (Å²) in [5, 5.41) is 11.7. The standard InChI is InChI=1S/C9H7Cl2NO/c10-8-3-1-2-7(6-8)4-5-9(11)12-13/h1-6,13H. The first-order valence-corrected chi connectivity index (χ1v) is 4.29. The Morgan fingerprint density at radius 1 is 1.46 bits per heavy atom. The van der Waals surface area contributed by atoms with Crippen LogP contribution in [0.2, 0.25) is 5.02 Å². The highest BCUT2D eigenvalue weighted by molar-refractivity contribution is 6.68. The molecule has 0 saturated heterocycles. The summed E-state index contributed by atoms with van der Waals surface area (Å²) in [6, 6.07) is 7.25. The van der Waals surface area contributed by atoms with Crippen molar-refractivity contribution in [3.8, 4) is 0 Å². The summed E-state index contributed by atoms with van der Waals surface area (Å²) >= 11 is 11.2. The first-order chi connectivity index (χ1) is 6.22. The second kappa shape index (κ2) is 4.90. The molecule has 1 aromatic rings. The number of allylic oxidation sites excluding steroid dienone is 1. The predicted octanol–water partition coefficient (Wildman–Crippen LogP) is 3.38. The molecule has 0 spiro atoms. The first kappa shape index (κ1) is 10.1. The van der Waals surface area contributed by atoms with Crippen molar-refractivity contribution in [3.63, 3.8) is 0 Å². The molecule has 0 aliphatic heterocycles. The van der Waals surface area contributed by atoms with E-state index in [-0.39, 0.29) is 5.17 Å². The molecular weight excluding hydrogens is 209 g/mol. The molecule has 4 heteroatoms. The Bertz CT molecular complexity index is 347. The van der Waals surface area contributed by atoms with Crippen molar-refractivity contribution in [2.75, 3.05) is 0 Å². The van der Waals surface area contributed by atoms with Gasteiger partial charge in [-0.25, -0.2) is 0 Å². The van der Waals surface area contributed by atoms with E-state index < -0.39 is 0 Å². The third-order valence-electron chi connectivity index (χ3n) is 1.36. The normalized spacial score (nSPS) is 12.3. The van der Waals surface area contributed by atoms with Gasteiger partial charge in [-0.3, -0.25) is 0 Å². The van der Waals surface area contributed by atoms with Gasteiger partial charge in [0.15, 0.2) is 5.17 Å². The SMILES string of the molecule is ON=C(Cl)C=Cc1cccc(Cl)c1. The van der Waals surface area contributed by atoms with E-state index in [9.17, 15) is 0 Å². The van der Waals surface area contributed by atoms with Gasteiger partial charge in [0.1, 0.15) is 0 Å². The monoisotopic (exact) mass is 215 g/mol. The summed E-state index contributed by atoms with van der Waals surface area (Å²) in [7, 11) is 0. The van der Waals surface area contributed by atoms with E-state index in [1.54, 1.807) is 18.2 Å². The fourth-order valence-corrected chi connectivity index (χ4v) is 1.07. The van der Waals surface area contributed by atoms with Crippen LogP contribution in [0.25, 0.3) is 6.08 Å². The molecule has 0 aromatic heterocycles. The summed E-state index contributed by atoms with van der Waals surface area (Å²) in [5.41, 5.74) is 0.898. The maximum atomic E-state index is 8.25. The highest BCUT2D eigenvalue weighted by atomic mass is 35.5. The predicted molar refractivity (Wildman–Crippen MR) is 55.6 cm³/mol. The lowest BCUT2D eigenvalue weighted by atomic mass is 10.2. The van der Waals surface area contributed by atoms with Crippen molar-refractivity contribution in [2.45, 2.75) is 0 Å². The van der Waals surface area contributed by atoms with Gasteiger partial charge in [-0.15, -0.1) is 0 Å². The zero-order valence-electron chi connectivity index (χ0n) is 6.61. The number of hydrogen-bond acceptors (Lipinski definition) is 2. The number of rotatable bonds is 2. The third-order valence-corrected chi connectivity index (χ3v) is 1.79. The molecule has 0 bridgehead atoms. The van der Waals surface area contributed by atoms with Crippen LogP contribution in [0.3, 0.4) is 0 Å². The molecule has 0 unspecified atom stereocenters. The van der Waals surface area contributed by atoms with Gasteiger partial charge in [0.2, 0.25) is 0 Å². The largest absolute Gasteiger partial charge is 0.410 e. The van der Waals surface area contributed by atoms with Crippen LogP contribution in [-0.2, 0) is 0 Å². The van der Waals surface area contributed by atoms with E-state index in [2.05, 4.69) is 5.16 Å². The van der Waals surface area contributed by atoms with Gasteiger partial charge < -0.3 is 5.21 Å². The Kier molecular flexibility index (Phi) is 3.80. The minimum absolute atomic E-state index is 0.0278. The Balaban J connectivity index is 2.80. The van der Waals surface area contributed by atoms with Crippen LogP contribution in [0.5, 0.6) is 0 Å². The van der Waals surface area contributed by atoms with Gasteiger partial charge >= 0.3 is 0 Å². The number of oxime groups is 1. The Labute approximate surface area is 86.1 Å². The van der Waals surface area contributed by atoms with Crippen LogP contribution in [0.15, 0.2) is 35.5 Å². The first-order valence-electron chi connectivity index (χ1n) is 3.53. The molecule has 0 amide bonds. The van der Waals surface area contributed by atoms with Crippen molar-refractivity contribution in [1.82, 2.24) is 0 Å². The lowest BCUT2D eigenvalue weighted by Crippen LogP contribution is -1.78. The van der Waals surface area contributed by atoms with Crippen LogP contribution in [0.4, 0.5) is 0 Å². The Morgan fingerprint density at radius 3 is 2.85 bits per heavy atom. The highest BCUT2D eigenvalue weighted by Gasteiger charge is 1.90. The molecule has 1 N–H and O–H groups in total. The minimum Gasteiger partial charge on any atom is -0.410 e. The van der Waals surface area contributed by atoms with E-state index >= 15 is 0 Å². The third kappa shape index (κ3) is 3.49. The topological polar surface area (TPSA) is 32.6 Å². The van der Waals surface area contributed by atoms with Crippen molar-refractivity contribution in [2.24, 2.45) is 5.16 Å². The maximum absolute atomic E-state index is 8.25. The molecule has 0 radical (unpaired) electrons. The minimum atomic E-state index is 0.0278. The molecule has 68 valence electrons. The average molecular weight is 216 g/mol. The smallest absolute Gasteiger partial charge is 0.168 e. The summed E-state index contributed by atoms with van der Waals surface area (Å²) in [6.45, 7) is 0. The summed E-state index contributed by atoms with van der Waals surface area (Å²) in [4.78, 5) is 0. The van der Waals surface area contributed by atoms with Gasteiger partial charge in [0, 0.05) is 5.02 Å². The van der Waals surface area contributed by atoms with Gasteiger partial charge in [-0.1, -0.05) is 46.6 Å². The van der Waals surface area contributed by atoms with Crippen molar-refractivity contribution in [1.29, 1.82) is 0 Å². The number of benzene rings is 1. The molecule has 0 saturated carbocycles. The van der Waals surface area contributed by atoms with Crippen molar-refractivity contribution in [3.05, 3.63) is 40.9 Å². The van der Waals surface area contributed by atoms with Crippen molar-refractivity contribution < 1.29 is 5.21 Å². The molecule has 1 aromatic carbocycles. The zero-order valence-corrected chi connectivity index (χ0v) is 8.13. The zero-order chi connectivity index (χ0) is 9.68. The lowest BCUT2D eigenvalue weighted by Gasteiger charge is -1.92. The van der Waals surface area contributed by atoms with Crippen LogP contribution in [-0.4, -0.2) is 10.4 Å². The number of halogens is 2. The van der Waals surface area contributed by atoms with Gasteiger partial charge in [-0.2, -0.15) is 0 Å². The quantitative estimate of drug-likeness (QED) is 0.458. The Morgan fingerprint density at radius 2 is 2.23 bits per heavy atom. The molecule has 1 rings (SSSR count). The van der Waals surface area contributed by atoms with Crippen LogP contribution in [0.1, 0.15) is 5.56 Å². The molecule has 0 aliphatic carbocycles. The number of nitrogens with zero attached hydrogens (tertiary/aromatic N) is 1. The second-order valence-corrected chi connectivity index (χ2v) is 3.13. The second-order valence-electron chi connectivity index (χ2n) is 2.31. The van der Waals surface area contributed by atoms with E-state index in [4.69, 9.17) is 28.4 Å². The van der Waals surface area contributed by atoms with Gasteiger partial charge in [0.05, 0.1) is 0 Å². The lowest BCUT2D eigenvalue weighted by molar-refractivity contribution is 0.321. The number of hydrogen-bond donors (Lipinski definition) is 1. The summed E-state index contributed by atoms with van der Waals surface area (Å²) in [5.74, 6) is 0. The van der Waals surface area contributed by atoms with Gasteiger partial charge in [0.25, 0.3) is 0 Å². The molecule has 0 fully saturated rings. The van der Waals surface area contributed by atoms with E-state index in [0.29, 0.717) is 5.02 Å². The molecule has 2 nitrogen and oxygen atoms in total. The van der Waals surface area contributed by atoms with E-state index in [1.807, 2.05) is 12.1 Å². The highest BCUT2D eigenvalue weighted by Crippen LogP contribution is 2.11. The van der Waals surface area contributed by atoms with Crippen LogP contribution < -0.4 is 0 Å². The van der Waals surface area contributed by atoms with Gasteiger partial charge in [-0.05, 0) is 23.8 Å². The van der Waals surface area contributed by atoms with E-state index in [0.717, 1.165) is 5.56 Å². The Hall–Kier alpha value is -0.990. The molecule has 0 atom stereocenters. The van der Waals surface area contributed by atoms with Crippen molar-refractivity contribution >= 4 is 34.4 Å². The molecule has 13 heavy (non-hydrogen) atoms. The summed E-state index contributed by atoms with van der Waals surface area (Å²) < 4.78 is 0.